The van der Waals surface area contributed by atoms with Crippen LogP contribution >= 0.6 is 31.4 Å². The van der Waals surface area contributed by atoms with Gasteiger partial charge < -0.3 is 0 Å². The molecule has 98 valence electrons. The van der Waals surface area contributed by atoms with Crippen LogP contribution in [0.2, 0.25) is 0 Å². The number of benzene rings is 1. The van der Waals surface area contributed by atoms with Crippen molar-refractivity contribution in [1.29, 1.82) is 0 Å². The maximum absolute atomic E-state index is 4.04. The molecule has 19 heavy (non-hydrogen) atoms. The van der Waals surface area contributed by atoms with Gasteiger partial charge in [-0.25, -0.2) is 0 Å². The molecular weight excluding hydrogens is 292 g/mol. The molecule has 0 saturated carbocycles. The Labute approximate surface area is 125 Å². The minimum Gasteiger partial charge on any atom is -0.159 e. The second-order valence-electron chi connectivity index (χ2n) is 3.64. The van der Waals surface area contributed by atoms with E-state index in [-0.39, 0.29) is 0 Å². The summed E-state index contributed by atoms with van der Waals surface area (Å²) in [4.78, 5) is 0. The highest BCUT2D eigenvalue weighted by Gasteiger charge is 1.95. The van der Waals surface area contributed by atoms with Crippen molar-refractivity contribution in [2.45, 2.75) is 5.75 Å². The maximum atomic E-state index is 4.04. The van der Waals surface area contributed by atoms with Crippen molar-refractivity contribution in [3.8, 4) is 0 Å². The molecule has 1 aromatic heterocycles. The molecule has 0 spiro atoms. The fourth-order valence-electron chi connectivity index (χ4n) is 1.34. The standard InChI is InChI=1S/C14H14N2S3/c1-2-6-13(7-3-1)8-5-11-17-19-18-12-14-9-4-10-15-16-14/h1-10H,11-12H2/b8-5+. The van der Waals surface area contributed by atoms with Crippen LogP contribution in [0.15, 0.2) is 54.7 Å². The van der Waals surface area contributed by atoms with Crippen molar-refractivity contribution in [2.24, 2.45) is 0 Å². The third kappa shape index (κ3) is 6.18. The summed E-state index contributed by atoms with van der Waals surface area (Å²) in [6.45, 7) is 0. The topological polar surface area (TPSA) is 25.8 Å². The molecule has 0 aliphatic heterocycles. The predicted molar refractivity (Wildman–Crippen MR) is 88.9 cm³/mol. The maximum Gasteiger partial charge on any atom is 0.0738 e. The summed E-state index contributed by atoms with van der Waals surface area (Å²) in [6, 6.07) is 14.3. The van der Waals surface area contributed by atoms with Crippen molar-refractivity contribution >= 4 is 37.5 Å². The van der Waals surface area contributed by atoms with Gasteiger partial charge in [-0.05, 0) is 27.5 Å². The molecule has 1 heterocycles. The molecule has 0 N–H and O–H groups in total. The summed E-state index contributed by atoms with van der Waals surface area (Å²) in [5.41, 5.74) is 2.28. The monoisotopic (exact) mass is 306 g/mol. The fraction of sp³-hybridized carbons (Fsp3) is 0.143. The summed E-state index contributed by atoms with van der Waals surface area (Å²) < 4.78 is 0. The van der Waals surface area contributed by atoms with Crippen LogP contribution in [0.4, 0.5) is 0 Å². The minimum atomic E-state index is 0.897. The average Bonchev–Trinajstić information content (AvgIpc) is 2.48. The van der Waals surface area contributed by atoms with Gasteiger partial charge in [-0.15, -0.1) is 0 Å². The van der Waals surface area contributed by atoms with Crippen LogP contribution in [0.25, 0.3) is 6.08 Å². The molecule has 2 aromatic rings. The summed E-state index contributed by atoms with van der Waals surface area (Å²) in [5.74, 6) is 1.90. The highest BCUT2D eigenvalue weighted by Crippen LogP contribution is 2.36. The van der Waals surface area contributed by atoms with Crippen molar-refractivity contribution in [3.05, 3.63) is 66.0 Å². The first-order valence-electron chi connectivity index (χ1n) is 5.84. The number of aromatic nitrogens is 2. The Morgan fingerprint density at radius 3 is 2.68 bits per heavy atom. The Hall–Kier alpha value is -0.910. The average molecular weight is 306 g/mol. The van der Waals surface area contributed by atoms with Crippen LogP contribution < -0.4 is 0 Å². The Kier molecular flexibility index (Phi) is 6.92. The molecule has 0 unspecified atom stereocenters. The lowest BCUT2D eigenvalue weighted by Gasteiger charge is -1.97. The smallest absolute Gasteiger partial charge is 0.0738 e. The second kappa shape index (κ2) is 9.07. The zero-order valence-corrected chi connectivity index (χ0v) is 12.8. The molecule has 0 saturated heterocycles. The van der Waals surface area contributed by atoms with E-state index in [9.17, 15) is 0 Å². The first kappa shape index (κ1) is 14.5. The zero-order chi connectivity index (χ0) is 13.2. The van der Waals surface area contributed by atoms with E-state index < -0.39 is 0 Å². The van der Waals surface area contributed by atoms with Crippen molar-refractivity contribution in [3.63, 3.8) is 0 Å². The highest BCUT2D eigenvalue weighted by atomic mass is 33.5. The third-order valence-corrected chi connectivity index (χ3v) is 6.21. The lowest BCUT2D eigenvalue weighted by Crippen LogP contribution is -1.86. The van der Waals surface area contributed by atoms with Gasteiger partial charge in [0.05, 0.1) is 5.69 Å². The van der Waals surface area contributed by atoms with Crippen molar-refractivity contribution < 1.29 is 0 Å². The van der Waals surface area contributed by atoms with Gasteiger partial charge in [0.15, 0.2) is 0 Å². The molecule has 0 aliphatic rings. The molecular formula is C14H14N2S3. The minimum absolute atomic E-state index is 0.897. The summed E-state index contributed by atoms with van der Waals surface area (Å²) in [6.07, 6.45) is 6.04. The molecule has 5 heteroatoms. The van der Waals surface area contributed by atoms with Gasteiger partial charge in [0.1, 0.15) is 0 Å². The zero-order valence-electron chi connectivity index (χ0n) is 10.3. The first-order valence-corrected chi connectivity index (χ1v) is 9.66. The molecule has 0 bridgehead atoms. The van der Waals surface area contributed by atoms with Crippen LogP contribution in [0.3, 0.4) is 0 Å². The summed E-state index contributed by atoms with van der Waals surface area (Å²) >= 11 is 0. The van der Waals surface area contributed by atoms with Gasteiger partial charge >= 0.3 is 0 Å². The van der Waals surface area contributed by atoms with Gasteiger partial charge in [0, 0.05) is 17.7 Å². The first-order chi connectivity index (χ1) is 9.45. The Bertz CT molecular complexity index is 489. The number of nitrogens with zero attached hydrogens (tertiary/aromatic N) is 2. The van der Waals surface area contributed by atoms with E-state index in [1.165, 1.54) is 5.56 Å². The number of hydrogen-bond donors (Lipinski definition) is 0. The molecule has 0 aliphatic carbocycles. The summed E-state index contributed by atoms with van der Waals surface area (Å²) in [7, 11) is 5.43. The normalized spacial score (nSPS) is 10.9. The van der Waals surface area contributed by atoms with Crippen LogP contribution in [0.5, 0.6) is 0 Å². The van der Waals surface area contributed by atoms with E-state index in [0.29, 0.717) is 0 Å². The van der Waals surface area contributed by atoms with E-state index in [1.807, 2.05) is 29.0 Å². The second-order valence-corrected chi connectivity index (χ2v) is 7.92. The highest BCUT2D eigenvalue weighted by molar-refractivity contribution is 9.09. The van der Waals surface area contributed by atoms with E-state index in [0.717, 1.165) is 17.2 Å². The Morgan fingerprint density at radius 2 is 1.89 bits per heavy atom. The van der Waals surface area contributed by atoms with Gasteiger partial charge in [0.25, 0.3) is 0 Å². The molecule has 2 nitrogen and oxygen atoms in total. The van der Waals surface area contributed by atoms with E-state index in [4.69, 9.17) is 0 Å². The fourth-order valence-corrected chi connectivity index (χ4v) is 4.62. The molecule has 0 radical (unpaired) electrons. The lowest BCUT2D eigenvalue weighted by molar-refractivity contribution is 0.972. The third-order valence-electron chi connectivity index (χ3n) is 2.20. The largest absolute Gasteiger partial charge is 0.159 e. The molecule has 0 fully saturated rings. The molecule has 0 atom stereocenters. The van der Waals surface area contributed by atoms with Crippen molar-refractivity contribution in [1.82, 2.24) is 10.2 Å². The molecule has 2 rings (SSSR count). The number of hydrogen-bond acceptors (Lipinski definition) is 5. The predicted octanol–water partition coefficient (Wildman–Crippen LogP) is 4.72. The Morgan fingerprint density at radius 1 is 1.00 bits per heavy atom. The van der Waals surface area contributed by atoms with E-state index >= 15 is 0 Å². The van der Waals surface area contributed by atoms with Crippen LogP contribution in [0, 0.1) is 0 Å². The van der Waals surface area contributed by atoms with E-state index in [2.05, 4.69) is 46.6 Å². The number of rotatable bonds is 7. The van der Waals surface area contributed by atoms with Gasteiger partial charge in [-0.1, -0.05) is 64.1 Å². The van der Waals surface area contributed by atoms with Gasteiger partial charge in [-0.2, -0.15) is 10.2 Å². The van der Waals surface area contributed by atoms with Crippen LogP contribution in [-0.4, -0.2) is 16.0 Å². The van der Waals surface area contributed by atoms with Crippen LogP contribution in [0.1, 0.15) is 11.3 Å². The molecule has 0 amide bonds. The Balaban J connectivity index is 1.56. The molecule has 1 aromatic carbocycles. The van der Waals surface area contributed by atoms with Gasteiger partial charge in [0.2, 0.25) is 0 Å². The van der Waals surface area contributed by atoms with Crippen molar-refractivity contribution in [2.75, 3.05) is 5.75 Å². The van der Waals surface area contributed by atoms with Crippen LogP contribution in [-0.2, 0) is 5.75 Å². The SMILES string of the molecule is C(=C\c1ccccc1)/CSSSCc1cccnn1. The summed E-state index contributed by atoms with van der Waals surface area (Å²) in [5, 5.41) is 7.90. The van der Waals surface area contributed by atoms with Gasteiger partial charge in [-0.3, -0.25) is 0 Å². The quantitative estimate of drug-likeness (QED) is 0.544. The van der Waals surface area contributed by atoms with E-state index in [1.54, 1.807) is 26.8 Å². The lowest BCUT2D eigenvalue weighted by atomic mass is 10.2.